The molecule has 20 heavy (non-hydrogen) atoms. The highest BCUT2D eigenvalue weighted by atomic mass is 35.5. The Morgan fingerprint density at radius 3 is 2.75 bits per heavy atom. The van der Waals surface area contributed by atoms with Crippen LogP contribution in [0.15, 0.2) is 41.6 Å². The fourth-order valence-corrected chi connectivity index (χ4v) is 2.73. The Kier molecular flexibility index (Phi) is 3.96. The SMILES string of the molecule is O=C(O)Cn1cc(S(=O)(=O)Nc2ccccc2Cl)cn1. The molecule has 2 N–H and O–H groups in total. The van der Waals surface area contributed by atoms with Gasteiger partial charge in [-0.15, -0.1) is 0 Å². The number of carboxylic acid groups (broad SMARTS) is 1. The van der Waals surface area contributed by atoms with Crippen molar-refractivity contribution in [2.75, 3.05) is 4.72 Å². The first-order chi connectivity index (χ1) is 9.38. The van der Waals surface area contributed by atoms with E-state index >= 15 is 0 Å². The molecule has 2 aromatic rings. The zero-order chi connectivity index (χ0) is 14.8. The van der Waals surface area contributed by atoms with Crippen LogP contribution in [0.5, 0.6) is 0 Å². The summed E-state index contributed by atoms with van der Waals surface area (Å²) in [6, 6.07) is 6.37. The second-order valence-corrected chi connectivity index (χ2v) is 5.94. The minimum Gasteiger partial charge on any atom is -0.480 e. The molecule has 0 fully saturated rings. The zero-order valence-corrected chi connectivity index (χ0v) is 11.6. The quantitative estimate of drug-likeness (QED) is 0.869. The predicted molar refractivity (Wildman–Crippen MR) is 72.1 cm³/mol. The Labute approximate surface area is 119 Å². The van der Waals surface area contributed by atoms with Crippen molar-refractivity contribution in [3.05, 3.63) is 41.7 Å². The molecule has 2 rings (SSSR count). The molecule has 9 heteroatoms. The van der Waals surface area contributed by atoms with Crippen molar-refractivity contribution in [1.29, 1.82) is 0 Å². The lowest BCUT2D eigenvalue weighted by molar-refractivity contribution is -0.137. The average molecular weight is 316 g/mol. The van der Waals surface area contributed by atoms with Crippen molar-refractivity contribution < 1.29 is 18.3 Å². The maximum Gasteiger partial charge on any atom is 0.325 e. The summed E-state index contributed by atoms with van der Waals surface area (Å²) in [4.78, 5) is 10.4. The monoisotopic (exact) mass is 315 g/mol. The molecule has 0 amide bonds. The number of hydrogen-bond donors (Lipinski definition) is 2. The summed E-state index contributed by atoms with van der Waals surface area (Å²) in [5, 5.41) is 12.5. The molecule has 7 nitrogen and oxygen atoms in total. The molecule has 0 saturated carbocycles. The molecule has 0 spiro atoms. The Morgan fingerprint density at radius 1 is 1.40 bits per heavy atom. The molecule has 0 saturated heterocycles. The van der Waals surface area contributed by atoms with Gasteiger partial charge in [0.05, 0.1) is 16.9 Å². The first-order valence-corrected chi connectivity index (χ1v) is 7.26. The molecule has 0 unspecified atom stereocenters. The van der Waals surface area contributed by atoms with Gasteiger partial charge in [-0.3, -0.25) is 14.2 Å². The number of hydrogen-bond acceptors (Lipinski definition) is 4. The Bertz CT molecular complexity index is 742. The molecule has 0 aliphatic carbocycles. The van der Waals surface area contributed by atoms with Crippen LogP contribution in [0.3, 0.4) is 0 Å². The highest BCUT2D eigenvalue weighted by Crippen LogP contribution is 2.23. The summed E-state index contributed by atoms with van der Waals surface area (Å²) in [7, 11) is -3.86. The second kappa shape index (κ2) is 5.51. The van der Waals surface area contributed by atoms with Crippen LogP contribution in [0, 0.1) is 0 Å². The number of nitrogens with one attached hydrogen (secondary N) is 1. The van der Waals surface area contributed by atoms with Crippen LogP contribution in [-0.2, 0) is 21.4 Å². The number of sulfonamides is 1. The van der Waals surface area contributed by atoms with E-state index in [4.69, 9.17) is 16.7 Å². The van der Waals surface area contributed by atoms with Crippen LogP contribution in [0.4, 0.5) is 5.69 Å². The minimum absolute atomic E-state index is 0.140. The van der Waals surface area contributed by atoms with E-state index in [1.165, 1.54) is 6.07 Å². The van der Waals surface area contributed by atoms with Gasteiger partial charge in [-0.25, -0.2) is 8.42 Å². The highest BCUT2D eigenvalue weighted by molar-refractivity contribution is 7.92. The molecular formula is C11H10ClN3O4S. The second-order valence-electron chi connectivity index (χ2n) is 3.85. The third kappa shape index (κ3) is 3.28. The number of halogens is 1. The maximum atomic E-state index is 12.1. The van der Waals surface area contributed by atoms with Crippen molar-refractivity contribution in [3.8, 4) is 0 Å². The number of carboxylic acids is 1. The number of anilines is 1. The van der Waals surface area contributed by atoms with Gasteiger partial charge in [0.1, 0.15) is 11.4 Å². The Morgan fingerprint density at radius 2 is 2.10 bits per heavy atom. The molecule has 1 aromatic carbocycles. The van der Waals surface area contributed by atoms with E-state index in [9.17, 15) is 13.2 Å². The third-order valence-electron chi connectivity index (χ3n) is 2.34. The number of carbonyl (C=O) groups is 1. The van der Waals surface area contributed by atoms with Crippen LogP contribution < -0.4 is 4.72 Å². The Hall–Kier alpha value is -2.06. The van der Waals surface area contributed by atoms with Crippen LogP contribution in [0.2, 0.25) is 5.02 Å². The van der Waals surface area contributed by atoms with Gasteiger partial charge in [0.15, 0.2) is 0 Å². The fourth-order valence-electron chi connectivity index (χ4n) is 1.46. The van der Waals surface area contributed by atoms with E-state index in [-0.39, 0.29) is 15.6 Å². The smallest absolute Gasteiger partial charge is 0.325 e. The predicted octanol–water partition coefficient (Wildman–Crippen LogP) is 1.42. The summed E-state index contributed by atoms with van der Waals surface area (Å²) >= 11 is 5.87. The van der Waals surface area contributed by atoms with E-state index < -0.39 is 22.5 Å². The highest BCUT2D eigenvalue weighted by Gasteiger charge is 2.18. The van der Waals surface area contributed by atoms with E-state index in [0.29, 0.717) is 0 Å². The number of aliphatic carboxylic acids is 1. The van der Waals surface area contributed by atoms with Gasteiger partial charge < -0.3 is 5.11 Å². The van der Waals surface area contributed by atoms with Crippen molar-refractivity contribution in [2.45, 2.75) is 11.4 Å². The minimum atomic E-state index is -3.86. The normalized spacial score (nSPS) is 11.2. The fraction of sp³-hybridized carbons (Fsp3) is 0.0909. The van der Waals surface area contributed by atoms with Crippen LogP contribution in [0.25, 0.3) is 0 Å². The van der Waals surface area contributed by atoms with Crippen molar-refractivity contribution in [1.82, 2.24) is 9.78 Å². The largest absolute Gasteiger partial charge is 0.480 e. The lowest BCUT2D eigenvalue weighted by Gasteiger charge is -2.07. The van der Waals surface area contributed by atoms with Crippen LogP contribution in [0.1, 0.15) is 0 Å². The summed E-state index contributed by atoms with van der Waals surface area (Å²) in [6.07, 6.45) is 2.20. The standard InChI is InChI=1S/C11H10ClN3O4S/c12-9-3-1-2-4-10(9)14-20(18,19)8-5-13-15(6-8)7-11(16)17/h1-6,14H,7H2,(H,16,17). The molecule has 106 valence electrons. The lowest BCUT2D eigenvalue weighted by Crippen LogP contribution is -2.13. The lowest BCUT2D eigenvalue weighted by atomic mass is 10.3. The molecule has 1 aromatic heterocycles. The topological polar surface area (TPSA) is 101 Å². The van der Waals surface area contributed by atoms with Crippen LogP contribution in [-0.4, -0.2) is 29.3 Å². The van der Waals surface area contributed by atoms with Gasteiger partial charge in [-0.1, -0.05) is 23.7 Å². The van der Waals surface area contributed by atoms with E-state index in [0.717, 1.165) is 17.1 Å². The zero-order valence-electron chi connectivity index (χ0n) is 10.0. The molecule has 0 bridgehead atoms. The molecule has 0 radical (unpaired) electrons. The molecule has 0 aliphatic rings. The van der Waals surface area contributed by atoms with Crippen LogP contribution >= 0.6 is 11.6 Å². The van der Waals surface area contributed by atoms with E-state index in [2.05, 4.69) is 9.82 Å². The number of nitrogens with zero attached hydrogens (tertiary/aromatic N) is 2. The Balaban J connectivity index is 2.25. The van der Waals surface area contributed by atoms with Gasteiger partial charge >= 0.3 is 5.97 Å². The van der Waals surface area contributed by atoms with Crippen molar-refractivity contribution in [3.63, 3.8) is 0 Å². The molecular weight excluding hydrogens is 306 g/mol. The first kappa shape index (κ1) is 14.4. The summed E-state index contributed by atoms with van der Waals surface area (Å²) in [5.74, 6) is -1.11. The van der Waals surface area contributed by atoms with E-state index in [1.807, 2.05) is 0 Å². The van der Waals surface area contributed by atoms with Gasteiger partial charge in [0, 0.05) is 6.20 Å². The summed E-state index contributed by atoms with van der Waals surface area (Å²) < 4.78 is 27.5. The van der Waals surface area contributed by atoms with Gasteiger partial charge in [0.2, 0.25) is 0 Å². The third-order valence-corrected chi connectivity index (χ3v) is 3.98. The number of benzene rings is 1. The van der Waals surface area contributed by atoms with Gasteiger partial charge in [0.25, 0.3) is 10.0 Å². The maximum absolute atomic E-state index is 12.1. The number of aromatic nitrogens is 2. The average Bonchev–Trinajstić information content (AvgIpc) is 2.80. The van der Waals surface area contributed by atoms with Gasteiger partial charge in [-0.2, -0.15) is 5.10 Å². The molecule has 0 aliphatic heterocycles. The molecule has 1 heterocycles. The van der Waals surface area contributed by atoms with E-state index in [1.54, 1.807) is 18.2 Å². The van der Waals surface area contributed by atoms with Gasteiger partial charge in [-0.05, 0) is 12.1 Å². The summed E-state index contributed by atoms with van der Waals surface area (Å²) in [5.41, 5.74) is 0.236. The first-order valence-electron chi connectivity index (χ1n) is 5.40. The van der Waals surface area contributed by atoms with Crippen molar-refractivity contribution >= 4 is 33.3 Å². The number of rotatable bonds is 5. The summed E-state index contributed by atoms with van der Waals surface area (Å²) in [6.45, 7) is -0.415. The molecule has 0 atom stereocenters. The number of para-hydroxylation sites is 1. The van der Waals surface area contributed by atoms with Crippen molar-refractivity contribution in [2.24, 2.45) is 0 Å².